The van der Waals surface area contributed by atoms with Crippen molar-refractivity contribution < 1.29 is 0 Å². The first-order chi connectivity index (χ1) is 24.8. The molecule has 2 aliphatic rings. The second kappa shape index (κ2) is 9.80. The van der Waals surface area contributed by atoms with Crippen LogP contribution in [0.3, 0.4) is 0 Å². The van der Waals surface area contributed by atoms with Crippen molar-refractivity contribution >= 4 is 43.4 Å². The number of hydrogen-bond acceptors (Lipinski definition) is 2. The summed E-state index contributed by atoms with van der Waals surface area (Å²) in [6.07, 6.45) is 0. The van der Waals surface area contributed by atoms with E-state index in [0.29, 0.717) is 5.95 Å². The summed E-state index contributed by atoms with van der Waals surface area (Å²) >= 11 is 0. The fraction of sp³-hybridized carbons (Fsp3) is 0.125. The van der Waals surface area contributed by atoms with Gasteiger partial charge in [0.25, 0.3) is 0 Å². The Labute approximate surface area is 296 Å². The van der Waals surface area contributed by atoms with Gasteiger partial charge in [0.2, 0.25) is 5.95 Å². The molecule has 0 amide bonds. The Hall–Kier alpha value is -6.06. The number of hydrogen-bond donors (Lipinski definition) is 0. The zero-order valence-electron chi connectivity index (χ0n) is 29.1. The molecule has 2 aliphatic carbocycles. The highest BCUT2D eigenvalue weighted by atomic mass is 15.2. The van der Waals surface area contributed by atoms with E-state index in [1.807, 2.05) is 0 Å². The van der Waals surface area contributed by atoms with Gasteiger partial charge in [-0.2, -0.15) is 0 Å². The van der Waals surface area contributed by atoms with Crippen LogP contribution in [0.15, 0.2) is 140 Å². The van der Waals surface area contributed by atoms with Crippen LogP contribution >= 0.6 is 0 Å². The Morgan fingerprint density at radius 1 is 0.431 bits per heavy atom. The van der Waals surface area contributed by atoms with Gasteiger partial charge >= 0.3 is 0 Å². The first kappa shape index (κ1) is 28.7. The Balaban J connectivity index is 1.27. The second-order valence-corrected chi connectivity index (χ2v) is 15.5. The maximum atomic E-state index is 5.67. The molecule has 0 spiro atoms. The molecule has 9 aromatic rings. The Kier molecular flexibility index (Phi) is 5.52. The quantitative estimate of drug-likeness (QED) is 0.186. The zero-order chi connectivity index (χ0) is 34.2. The summed E-state index contributed by atoms with van der Waals surface area (Å²) in [5, 5.41) is 7.27. The smallest absolute Gasteiger partial charge is 0.235 e. The molecule has 0 fully saturated rings. The van der Waals surface area contributed by atoms with Crippen LogP contribution in [0.5, 0.6) is 0 Å². The summed E-state index contributed by atoms with van der Waals surface area (Å²) < 4.78 is 2.31. The number of benzene rings is 7. The highest BCUT2D eigenvalue weighted by Crippen LogP contribution is 2.53. The van der Waals surface area contributed by atoms with Crippen LogP contribution in [0.4, 0.5) is 0 Å². The maximum Gasteiger partial charge on any atom is 0.235 e. The van der Waals surface area contributed by atoms with Crippen LogP contribution in [0.2, 0.25) is 0 Å². The molecule has 2 aromatic heterocycles. The summed E-state index contributed by atoms with van der Waals surface area (Å²) in [6.45, 7) is 9.34. The summed E-state index contributed by atoms with van der Waals surface area (Å²) in [5.41, 5.74) is 14.0. The molecular formula is C48H35N3. The van der Waals surface area contributed by atoms with Crippen molar-refractivity contribution in [3.8, 4) is 39.6 Å². The lowest BCUT2D eigenvalue weighted by Crippen LogP contribution is -2.18. The Bertz CT molecular complexity index is 2880. The van der Waals surface area contributed by atoms with Crippen molar-refractivity contribution in [1.82, 2.24) is 14.5 Å². The predicted molar refractivity (Wildman–Crippen MR) is 212 cm³/mol. The third kappa shape index (κ3) is 3.78. The minimum atomic E-state index is -0.275. The predicted octanol–water partition coefficient (Wildman–Crippen LogP) is 12.2. The van der Waals surface area contributed by atoms with Crippen molar-refractivity contribution in [3.63, 3.8) is 0 Å². The van der Waals surface area contributed by atoms with Gasteiger partial charge in [-0.1, -0.05) is 137 Å². The summed E-state index contributed by atoms with van der Waals surface area (Å²) in [4.78, 5) is 11.2. The standard InChI is InChI=1S/C48H35N3/c1-47(2)38-19-11-9-17-33(38)35-25-32(21-22-40(35)47)44-43-45(34-18-10-12-20-39(34)48(43,3)4)50-46(49-44)51-41-26-30-15-7-5-13-28(30)23-36(41)37-24-29-14-6-8-16-31(29)27-42(37)51/h5-27H,1-4H3. The topological polar surface area (TPSA) is 30.7 Å². The van der Waals surface area contributed by atoms with Crippen LogP contribution in [0.25, 0.3) is 82.9 Å². The Morgan fingerprint density at radius 3 is 1.55 bits per heavy atom. The average Bonchev–Trinajstić information content (AvgIpc) is 3.68. The molecule has 3 heteroatoms. The van der Waals surface area contributed by atoms with E-state index in [9.17, 15) is 0 Å². The van der Waals surface area contributed by atoms with Gasteiger partial charge in [-0.3, -0.25) is 4.57 Å². The third-order valence-electron chi connectivity index (χ3n) is 11.9. The fourth-order valence-corrected chi connectivity index (χ4v) is 9.38. The molecule has 0 saturated heterocycles. The van der Waals surface area contributed by atoms with Crippen molar-refractivity contribution in [1.29, 1.82) is 0 Å². The SMILES string of the molecule is CC1(C)c2ccccc2-c2cc(-c3nc(-n4c5cc6ccccc6cc5c5cc6ccccc6cc54)nc4c3C(C)(C)c3ccccc3-4)ccc21. The average molecular weight is 654 g/mol. The molecule has 51 heavy (non-hydrogen) atoms. The van der Waals surface area contributed by atoms with Gasteiger partial charge in [-0.05, 0) is 79.7 Å². The molecule has 0 bridgehead atoms. The maximum absolute atomic E-state index is 5.67. The van der Waals surface area contributed by atoms with Crippen LogP contribution in [0, 0.1) is 0 Å². The van der Waals surface area contributed by atoms with E-state index in [4.69, 9.17) is 9.97 Å². The summed E-state index contributed by atoms with van der Waals surface area (Å²) in [6, 6.07) is 51.3. The highest BCUT2D eigenvalue weighted by molar-refractivity contribution is 6.16. The van der Waals surface area contributed by atoms with Crippen molar-refractivity contribution in [2.45, 2.75) is 38.5 Å². The van der Waals surface area contributed by atoms with Crippen LogP contribution in [0.1, 0.15) is 49.9 Å². The monoisotopic (exact) mass is 653 g/mol. The van der Waals surface area contributed by atoms with Gasteiger partial charge < -0.3 is 0 Å². The van der Waals surface area contributed by atoms with Gasteiger partial charge in [0.15, 0.2) is 0 Å². The number of aromatic nitrogens is 3. The van der Waals surface area contributed by atoms with E-state index < -0.39 is 0 Å². The van der Waals surface area contributed by atoms with Gasteiger partial charge in [0.05, 0.1) is 22.4 Å². The normalized spacial score (nSPS) is 15.0. The lowest BCUT2D eigenvalue weighted by molar-refractivity contribution is 0.656. The number of rotatable bonds is 2. The molecule has 0 N–H and O–H groups in total. The van der Waals surface area contributed by atoms with E-state index in [2.05, 4.69) is 172 Å². The number of fused-ring (bicyclic) bond motifs is 11. The van der Waals surface area contributed by atoms with E-state index in [0.717, 1.165) is 28.0 Å². The van der Waals surface area contributed by atoms with Crippen molar-refractivity contribution in [2.75, 3.05) is 0 Å². The molecule has 11 rings (SSSR count). The van der Waals surface area contributed by atoms with Crippen LogP contribution in [-0.4, -0.2) is 14.5 Å². The van der Waals surface area contributed by atoms with E-state index in [-0.39, 0.29) is 10.8 Å². The molecular weight excluding hydrogens is 619 g/mol. The molecule has 2 heterocycles. The molecule has 0 saturated carbocycles. The zero-order valence-corrected chi connectivity index (χ0v) is 29.1. The lowest BCUT2D eigenvalue weighted by atomic mass is 9.80. The Morgan fingerprint density at radius 2 is 0.922 bits per heavy atom. The van der Waals surface area contributed by atoms with Crippen LogP contribution in [-0.2, 0) is 10.8 Å². The van der Waals surface area contributed by atoms with Gasteiger partial charge in [-0.15, -0.1) is 0 Å². The molecule has 0 aliphatic heterocycles. The third-order valence-corrected chi connectivity index (χ3v) is 11.9. The first-order valence-electron chi connectivity index (χ1n) is 17.9. The minimum absolute atomic E-state index is 0.0622. The molecule has 0 atom stereocenters. The highest BCUT2D eigenvalue weighted by Gasteiger charge is 2.41. The van der Waals surface area contributed by atoms with Crippen LogP contribution < -0.4 is 0 Å². The molecule has 3 nitrogen and oxygen atoms in total. The van der Waals surface area contributed by atoms with Gasteiger partial charge in [-0.25, -0.2) is 9.97 Å². The second-order valence-electron chi connectivity index (χ2n) is 15.5. The minimum Gasteiger partial charge on any atom is -0.278 e. The molecule has 7 aromatic carbocycles. The number of nitrogens with zero attached hydrogens (tertiary/aromatic N) is 3. The van der Waals surface area contributed by atoms with E-state index >= 15 is 0 Å². The first-order valence-corrected chi connectivity index (χ1v) is 17.9. The fourth-order valence-electron chi connectivity index (χ4n) is 9.38. The van der Waals surface area contributed by atoms with E-state index in [1.54, 1.807) is 0 Å². The molecule has 0 unspecified atom stereocenters. The molecule has 242 valence electrons. The van der Waals surface area contributed by atoms with Gasteiger partial charge in [0.1, 0.15) is 0 Å². The lowest BCUT2D eigenvalue weighted by Gasteiger charge is -2.24. The van der Waals surface area contributed by atoms with E-state index in [1.165, 1.54) is 71.3 Å². The van der Waals surface area contributed by atoms with Crippen molar-refractivity contribution in [3.05, 3.63) is 162 Å². The molecule has 0 radical (unpaired) electrons. The largest absolute Gasteiger partial charge is 0.278 e. The van der Waals surface area contributed by atoms with Crippen molar-refractivity contribution in [2.24, 2.45) is 0 Å². The summed E-state index contributed by atoms with van der Waals surface area (Å²) in [7, 11) is 0. The van der Waals surface area contributed by atoms with Gasteiger partial charge in [0, 0.05) is 38.3 Å². The summed E-state index contributed by atoms with van der Waals surface area (Å²) in [5.74, 6) is 0.697.